The van der Waals surface area contributed by atoms with Gasteiger partial charge in [-0.15, -0.1) is 11.3 Å². The second-order valence-corrected chi connectivity index (χ2v) is 10.4. The van der Waals surface area contributed by atoms with E-state index in [2.05, 4.69) is 47.1 Å². The Morgan fingerprint density at radius 2 is 1.65 bits per heavy atom. The molecule has 1 amide bonds. The van der Waals surface area contributed by atoms with E-state index in [1.165, 1.54) is 5.56 Å². The van der Waals surface area contributed by atoms with Crippen molar-refractivity contribution in [3.63, 3.8) is 0 Å². The lowest BCUT2D eigenvalue weighted by Gasteiger charge is -2.26. The van der Waals surface area contributed by atoms with Crippen LogP contribution in [0.3, 0.4) is 0 Å². The first-order valence-electron chi connectivity index (χ1n) is 12.2. The molecule has 0 bridgehead atoms. The third kappa shape index (κ3) is 6.26. The molecule has 2 aromatic heterocycles. The normalized spacial score (nSPS) is 11.2. The minimum absolute atomic E-state index is 0.0414. The Hall–Kier alpha value is -3.49. The average Bonchev–Trinajstić information content (AvgIpc) is 3.29. The molecule has 0 N–H and O–H groups in total. The number of aryl methyl sites for hydroxylation is 2. The fourth-order valence-electron chi connectivity index (χ4n) is 4.25. The van der Waals surface area contributed by atoms with Gasteiger partial charge in [-0.2, -0.15) is 0 Å². The first-order valence-corrected chi connectivity index (χ1v) is 13.1. The van der Waals surface area contributed by atoms with Crippen LogP contribution in [0.25, 0.3) is 22.2 Å². The molecule has 0 unspecified atom stereocenters. The summed E-state index contributed by atoms with van der Waals surface area (Å²) in [6.45, 7) is 5.78. The molecule has 0 aliphatic rings. The van der Waals surface area contributed by atoms with Gasteiger partial charge in [0.05, 0.1) is 37.0 Å². The molecule has 194 valence electrons. The SMILES string of the molecule is COc1ccc(OC)c2nc(-c3ccc(C)cc3)c(CN(CCN(C)C)C(=O)Cc3csc(C)n3)cc12. The molecule has 7 nitrogen and oxygen atoms in total. The van der Waals surface area contributed by atoms with Gasteiger partial charge in [-0.1, -0.05) is 29.8 Å². The first kappa shape index (κ1) is 26.6. The van der Waals surface area contributed by atoms with E-state index in [9.17, 15) is 4.79 Å². The maximum Gasteiger partial charge on any atom is 0.228 e. The van der Waals surface area contributed by atoms with E-state index in [1.54, 1.807) is 25.6 Å². The standard InChI is InChI=1S/C29H34N4O3S/c1-19-7-9-21(10-8-19)28-22(15-24-25(35-5)11-12-26(36-6)29(24)31-28)17-33(14-13-32(3)4)27(34)16-23-18-37-20(2)30-23/h7-12,15,18H,13-14,16-17H2,1-6H3. The van der Waals surface area contributed by atoms with Gasteiger partial charge in [0.25, 0.3) is 0 Å². The molecular formula is C29H34N4O3S. The van der Waals surface area contributed by atoms with Crippen LogP contribution >= 0.6 is 11.3 Å². The Balaban J connectivity index is 1.81. The zero-order valence-corrected chi connectivity index (χ0v) is 23.2. The molecule has 0 saturated carbocycles. The van der Waals surface area contributed by atoms with E-state index in [1.807, 2.05) is 43.4 Å². The smallest absolute Gasteiger partial charge is 0.228 e. The number of hydrogen-bond donors (Lipinski definition) is 0. The number of thiazole rings is 1. The van der Waals surface area contributed by atoms with Crippen LogP contribution in [0.5, 0.6) is 11.5 Å². The molecule has 8 heteroatoms. The zero-order chi connectivity index (χ0) is 26.5. The van der Waals surface area contributed by atoms with Crippen molar-refractivity contribution >= 4 is 28.1 Å². The predicted octanol–water partition coefficient (Wildman–Crippen LogP) is 5.13. The number of aromatic nitrogens is 2. The molecule has 4 aromatic rings. The van der Waals surface area contributed by atoms with Crippen molar-refractivity contribution in [2.24, 2.45) is 0 Å². The van der Waals surface area contributed by atoms with Gasteiger partial charge in [-0.25, -0.2) is 9.97 Å². The maximum atomic E-state index is 13.5. The van der Waals surface area contributed by atoms with Gasteiger partial charge in [0, 0.05) is 36.0 Å². The van der Waals surface area contributed by atoms with Crippen molar-refractivity contribution in [1.82, 2.24) is 19.8 Å². The molecular weight excluding hydrogens is 484 g/mol. The lowest BCUT2D eigenvalue weighted by molar-refractivity contribution is -0.131. The minimum Gasteiger partial charge on any atom is -0.496 e. The van der Waals surface area contributed by atoms with Crippen LogP contribution < -0.4 is 9.47 Å². The number of pyridine rings is 1. The molecule has 2 aromatic carbocycles. The highest BCUT2D eigenvalue weighted by molar-refractivity contribution is 7.09. The van der Waals surface area contributed by atoms with Crippen LogP contribution in [0, 0.1) is 13.8 Å². The highest BCUT2D eigenvalue weighted by Gasteiger charge is 2.21. The number of ether oxygens (including phenoxy) is 2. The number of carbonyl (C=O) groups excluding carboxylic acids is 1. The van der Waals surface area contributed by atoms with Gasteiger partial charge < -0.3 is 19.3 Å². The second kappa shape index (κ2) is 11.7. The quantitative estimate of drug-likeness (QED) is 0.290. The van der Waals surface area contributed by atoms with Gasteiger partial charge in [-0.05, 0) is 51.7 Å². The maximum absolute atomic E-state index is 13.5. The Kier molecular flexibility index (Phi) is 8.41. The zero-order valence-electron chi connectivity index (χ0n) is 22.4. The summed E-state index contributed by atoms with van der Waals surface area (Å²) in [7, 11) is 7.32. The van der Waals surface area contributed by atoms with Crippen LogP contribution in [-0.2, 0) is 17.8 Å². The topological polar surface area (TPSA) is 67.8 Å². The summed E-state index contributed by atoms with van der Waals surface area (Å²) < 4.78 is 11.3. The van der Waals surface area contributed by atoms with E-state index >= 15 is 0 Å². The highest BCUT2D eigenvalue weighted by Crippen LogP contribution is 2.36. The second-order valence-electron chi connectivity index (χ2n) is 9.38. The molecule has 0 atom stereocenters. The third-order valence-corrected chi connectivity index (χ3v) is 7.10. The number of amides is 1. The van der Waals surface area contributed by atoms with Gasteiger partial charge >= 0.3 is 0 Å². The van der Waals surface area contributed by atoms with Gasteiger partial charge in [-0.3, -0.25) is 4.79 Å². The molecule has 4 rings (SSSR count). The van der Waals surface area contributed by atoms with E-state index in [0.29, 0.717) is 24.6 Å². The molecule has 37 heavy (non-hydrogen) atoms. The third-order valence-electron chi connectivity index (χ3n) is 6.28. The van der Waals surface area contributed by atoms with E-state index in [0.717, 1.165) is 45.0 Å². The number of fused-ring (bicyclic) bond motifs is 1. The minimum atomic E-state index is 0.0414. The number of nitrogens with zero attached hydrogens (tertiary/aromatic N) is 4. The molecule has 0 radical (unpaired) electrons. The fraction of sp³-hybridized carbons (Fsp3) is 0.345. The van der Waals surface area contributed by atoms with Crippen molar-refractivity contribution in [2.75, 3.05) is 41.4 Å². The Bertz CT molecular complexity index is 1380. The molecule has 0 aliphatic heterocycles. The molecule has 2 heterocycles. The van der Waals surface area contributed by atoms with Crippen molar-refractivity contribution in [1.29, 1.82) is 0 Å². The lowest BCUT2D eigenvalue weighted by atomic mass is 10.0. The summed E-state index contributed by atoms with van der Waals surface area (Å²) in [5.74, 6) is 1.43. The highest BCUT2D eigenvalue weighted by atomic mass is 32.1. The van der Waals surface area contributed by atoms with E-state index < -0.39 is 0 Å². The fourth-order valence-corrected chi connectivity index (χ4v) is 4.86. The van der Waals surface area contributed by atoms with Crippen LogP contribution in [0.4, 0.5) is 0 Å². The Morgan fingerprint density at radius 1 is 0.946 bits per heavy atom. The number of rotatable bonds is 10. The summed E-state index contributed by atoms with van der Waals surface area (Å²) >= 11 is 1.56. The molecule has 0 saturated heterocycles. The van der Waals surface area contributed by atoms with E-state index in [4.69, 9.17) is 14.5 Å². The average molecular weight is 519 g/mol. The van der Waals surface area contributed by atoms with Crippen LogP contribution in [0.2, 0.25) is 0 Å². The molecule has 0 fully saturated rings. The van der Waals surface area contributed by atoms with Gasteiger partial charge in [0.15, 0.2) is 0 Å². The summed E-state index contributed by atoms with van der Waals surface area (Å²) in [5.41, 5.74) is 5.47. The first-order chi connectivity index (χ1) is 17.8. The van der Waals surface area contributed by atoms with Crippen molar-refractivity contribution < 1.29 is 14.3 Å². The number of hydrogen-bond acceptors (Lipinski definition) is 7. The number of benzene rings is 2. The van der Waals surface area contributed by atoms with Gasteiger partial charge in [0.2, 0.25) is 5.91 Å². The summed E-state index contributed by atoms with van der Waals surface area (Å²) in [6.07, 6.45) is 0.274. The van der Waals surface area contributed by atoms with Gasteiger partial charge in [0.1, 0.15) is 17.0 Å². The van der Waals surface area contributed by atoms with Crippen molar-refractivity contribution in [3.05, 3.63) is 69.7 Å². The molecule has 0 spiro atoms. The Labute approximate surface area is 222 Å². The monoisotopic (exact) mass is 518 g/mol. The summed E-state index contributed by atoms with van der Waals surface area (Å²) in [5, 5.41) is 3.77. The van der Waals surface area contributed by atoms with E-state index in [-0.39, 0.29) is 12.3 Å². The number of methoxy groups -OCH3 is 2. The molecule has 0 aliphatic carbocycles. The van der Waals surface area contributed by atoms with Crippen molar-refractivity contribution in [3.8, 4) is 22.8 Å². The van der Waals surface area contributed by atoms with Crippen molar-refractivity contribution in [2.45, 2.75) is 26.8 Å². The predicted molar refractivity (Wildman–Crippen MR) is 150 cm³/mol. The lowest BCUT2D eigenvalue weighted by Crippen LogP contribution is -2.37. The largest absolute Gasteiger partial charge is 0.496 e. The summed E-state index contributed by atoms with van der Waals surface area (Å²) in [4.78, 5) is 27.1. The van der Waals surface area contributed by atoms with Crippen LogP contribution in [0.1, 0.15) is 21.8 Å². The van der Waals surface area contributed by atoms with Crippen LogP contribution in [0.15, 0.2) is 47.8 Å². The Morgan fingerprint density at radius 3 is 2.27 bits per heavy atom. The number of likely N-dealkylation sites (N-methyl/N-ethyl adjacent to an activating group) is 1. The van der Waals surface area contributed by atoms with Crippen LogP contribution in [-0.4, -0.2) is 67.1 Å². The number of carbonyl (C=O) groups is 1. The summed E-state index contributed by atoms with van der Waals surface area (Å²) in [6, 6.07) is 14.1.